The molecular formula is C14H24N4O2S. The Bertz CT molecular complexity index is 593. The molecule has 6 nitrogen and oxygen atoms in total. The van der Waals surface area contributed by atoms with Crippen molar-refractivity contribution in [2.45, 2.75) is 24.3 Å². The monoisotopic (exact) mass is 312 g/mol. The first-order valence-corrected chi connectivity index (χ1v) is 8.62. The van der Waals surface area contributed by atoms with Gasteiger partial charge in [0.2, 0.25) is 10.0 Å². The summed E-state index contributed by atoms with van der Waals surface area (Å²) in [5.41, 5.74) is 6.46. The van der Waals surface area contributed by atoms with Gasteiger partial charge in [-0.2, -0.15) is 0 Å². The molecule has 0 spiro atoms. The van der Waals surface area contributed by atoms with E-state index in [1.165, 1.54) is 0 Å². The second-order valence-electron chi connectivity index (χ2n) is 6.00. The van der Waals surface area contributed by atoms with Crippen LogP contribution in [0.1, 0.15) is 13.8 Å². The zero-order chi connectivity index (χ0) is 15.7. The van der Waals surface area contributed by atoms with Gasteiger partial charge in [0, 0.05) is 38.3 Å². The Morgan fingerprint density at radius 3 is 2.24 bits per heavy atom. The highest BCUT2D eigenvalue weighted by Gasteiger charge is 2.29. The summed E-state index contributed by atoms with van der Waals surface area (Å²) >= 11 is 0. The van der Waals surface area contributed by atoms with Gasteiger partial charge in [-0.25, -0.2) is 13.6 Å². The molecule has 0 saturated carbocycles. The molecule has 1 aliphatic rings. The first-order chi connectivity index (χ1) is 9.75. The van der Waals surface area contributed by atoms with Crippen molar-refractivity contribution < 1.29 is 8.42 Å². The molecule has 21 heavy (non-hydrogen) atoms. The molecule has 1 fully saturated rings. The standard InChI is InChI=1S/C14H24N4O2S/c1-14(2,11-15)18-9-7-17(8-10-18)12-5-3-4-6-13(12)21(16,19)20/h3-6H,7-11,15H2,1-2H3,(H2,16,19,20). The molecule has 7 heteroatoms. The molecule has 4 N–H and O–H groups in total. The van der Waals surface area contributed by atoms with Crippen molar-refractivity contribution >= 4 is 15.7 Å². The first kappa shape index (κ1) is 16.2. The molecule has 0 aliphatic carbocycles. The van der Waals surface area contributed by atoms with Crippen molar-refractivity contribution in [3.63, 3.8) is 0 Å². The number of hydrogen-bond acceptors (Lipinski definition) is 5. The average molecular weight is 312 g/mol. The molecule has 0 radical (unpaired) electrons. The van der Waals surface area contributed by atoms with Gasteiger partial charge in [0.05, 0.1) is 5.69 Å². The number of benzene rings is 1. The summed E-state index contributed by atoms with van der Waals surface area (Å²) in [5, 5.41) is 5.30. The fraction of sp³-hybridized carbons (Fsp3) is 0.571. The Kier molecular flexibility index (Phi) is 4.57. The van der Waals surface area contributed by atoms with E-state index in [0.717, 1.165) is 26.2 Å². The second-order valence-corrected chi connectivity index (χ2v) is 7.53. The van der Waals surface area contributed by atoms with E-state index in [4.69, 9.17) is 10.9 Å². The number of para-hydroxylation sites is 1. The molecule has 0 amide bonds. The van der Waals surface area contributed by atoms with E-state index in [0.29, 0.717) is 12.2 Å². The van der Waals surface area contributed by atoms with E-state index in [1.807, 2.05) is 12.1 Å². The minimum absolute atomic E-state index is 0.0362. The lowest BCUT2D eigenvalue weighted by Gasteiger charge is -2.44. The van der Waals surface area contributed by atoms with Crippen LogP contribution in [0.3, 0.4) is 0 Å². The zero-order valence-corrected chi connectivity index (χ0v) is 13.4. The average Bonchev–Trinajstić information content (AvgIpc) is 2.46. The van der Waals surface area contributed by atoms with Crippen molar-refractivity contribution in [2.24, 2.45) is 10.9 Å². The molecule has 0 atom stereocenters. The van der Waals surface area contributed by atoms with E-state index in [2.05, 4.69) is 23.6 Å². The van der Waals surface area contributed by atoms with Crippen molar-refractivity contribution in [1.82, 2.24) is 4.90 Å². The Morgan fingerprint density at radius 2 is 1.71 bits per heavy atom. The molecule has 1 aromatic rings. The van der Waals surface area contributed by atoms with Crippen LogP contribution in [-0.4, -0.2) is 51.6 Å². The van der Waals surface area contributed by atoms with Gasteiger partial charge in [0.15, 0.2) is 0 Å². The molecule has 0 unspecified atom stereocenters. The third-order valence-corrected chi connectivity index (χ3v) is 5.11. The number of anilines is 1. The Labute approximate surface area is 126 Å². The van der Waals surface area contributed by atoms with Crippen molar-refractivity contribution in [3.05, 3.63) is 24.3 Å². The van der Waals surface area contributed by atoms with Crippen LogP contribution >= 0.6 is 0 Å². The van der Waals surface area contributed by atoms with Crippen LogP contribution in [0.2, 0.25) is 0 Å². The molecular weight excluding hydrogens is 288 g/mol. The fourth-order valence-electron chi connectivity index (χ4n) is 2.64. The smallest absolute Gasteiger partial charge is 0.240 e. The minimum Gasteiger partial charge on any atom is -0.368 e. The predicted molar refractivity (Wildman–Crippen MR) is 84.7 cm³/mol. The third kappa shape index (κ3) is 3.55. The van der Waals surface area contributed by atoms with E-state index in [9.17, 15) is 8.42 Å². The summed E-state index contributed by atoms with van der Waals surface area (Å²) in [5.74, 6) is 0. The summed E-state index contributed by atoms with van der Waals surface area (Å²) in [6.07, 6.45) is 0. The minimum atomic E-state index is -3.70. The third-order valence-electron chi connectivity index (χ3n) is 4.15. The quantitative estimate of drug-likeness (QED) is 0.828. The van der Waals surface area contributed by atoms with E-state index >= 15 is 0 Å². The molecule has 1 saturated heterocycles. The van der Waals surface area contributed by atoms with Crippen LogP contribution in [0, 0.1) is 0 Å². The summed E-state index contributed by atoms with van der Waals surface area (Å²) < 4.78 is 23.4. The molecule has 1 aliphatic heterocycles. The van der Waals surface area contributed by atoms with E-state index < -0.39 is 10.0 Å². The Morgan fingerprint density at radius 1 is 1.14 bits per heavy atom. The largest absolute Gasteiger partial charge is 0.368 e. The molecule has 1 heterocycles. The summed E-state index contributed by atoms with van der Waals surface area (Å²) in [7, 11) is -3.70. The summed E-state index contributed by atoms with van der Waals surface area (Å²) in [6, 6.07) is 6.89. The number of nitrogens with two attached hydrogens (primary N) is 2. The topological polar surface area (TPSA) is 92.7 Å². The molecule has 0 aromatic heterocycles. The fourth-order valence-corrected chi connectivity index (χ4v) is 3.40. The lowest BCUT2D eigenvalue weighted by Crippen LogP contribution is -2.57. The van der Waals surface area contributed by atoms with Crippen LogP contribution in [0.25, 0.3) is 0 Å². The van der Waals surface area contributed by atoms with Gasteiger partial charge in [0.1, 0.15) is 4.90 Å². The molecule has 0 bridgehead atoms. The van der Waals surface area contributed by atoms with Gasteiger partial charge in [-0.15, -0.1) is 0 Å². The highest BCUT2D eigenvalue weighted by molar-refractivity contribution is 7.89. The SMILES string of the molecule is CC(C)(CN)N1CCN(c2ccccc2S(N)(=O)=O)CC1. The van der Waals surface area contributed by atoms with Gasteiger partial charge in [-0.05, 0) is 26.0 Å². The lowest BCUT2D eigenvalue weighted by molar-refractivity contribution is 0.119. The second kappa shape index (κ2) is 5.92. The highest BCUT2D eigenvalue weighted by atomic mass is 32.2. The zero-order valence-electron chi connectivity index (χ0n) is 12.6. The maximum absolute atomic E-state index is 11.7. The highest BCUT2D eigenvalue weighted by Crippen LogP contribution is 2.26. The number of hydrogen-bond donors (Lipinski definition) is 2. The van der Waals surface area contributed by atoms with Crippen LogP contribution in [0.15, 0.2) is 29.2 Å². The Hall–Kier alpha value is -1.15. The molecule has 118 valence electrons. The number of nitrogens with zero attached hydrogens (tertiary/aromatic N) is 2. The number of piperazine rings is 1. The lowest BCUT2D eigenvalue weighted by atomic mass is 10.0. The van der Waals surface area contributed by atoms with Crippen LogP contribution in [0.4, 0.5) is 5.69 Å². The Balaban J connectivity index is 2.17. The summed E-state index contributed by atoms with van der Waals surface area (Å²) in [6.45, 7) is 8.07. The van der Waals surface area contributed by atoms with Crippen molar-refractivity contribution in [2.75, 3.05) is 37.6 Å². The van der Waals surface area contributed by atoms with E-state index in [1.54, 1.807) is 12.1 Å². The normalized spacial score (nSPS) is 18.0. The van der Waals surface area contributed by atoms with Crippen molar-refractivity contribution in [3.8, 4) is 0 Å². The van der Waals surface area contributed by atoms with Gasteiger partial charge >= 0.3 is 0 Å². The van der Waals surface area contributed by atoms with Gasteiger partial charge in [-0.1, -0.05) is 12.1 Å². The summed E-state index contributed by atoms with van der Waals surface area (Å²) in [4.78, 5) is 4.60. The number of sulfonamides is 1. The predicted octanol–water partition coefficient (Wildman–Crippen LogP) is 0.193. The van der Waals surface area contributed by atoms with Gasteiger partial charge in [-0.3, -0.25) is 4.90 Å². The van der Waals surface area contributed by atoms with Crippen LogP contribution in [-0.2, 0) is 10.0 Å². The van der Waals surface area contributed by atoms with Gasteiger partial charge < -0.3 is 10.6 Å². The molecule has 1 aromatic carbocycles. The molecule has 2 rings (SSSR count). The van der Waals surface area contributed by atoms with Crippen LogP contribution < -0.4 is 15.8 Å². The van der Waals surface area contributed by atoms with Crippen molar-refractivity contribution in [1.29, 1.82) is 0 Å². The first-order valence-electron chi connectivity index (χ1n) is 7.07. The maximum Gasteiger partial charge on any atom is 0.240 e. The number of rotatable bonds is 4. The maximum atomic E-state index is 11.7. The van der Waals surface area contributed by atoms with Crippen LogP contribution in [0.5, 0.6) is 0 Å². The van der Waals surface area contributed by atoms with E-state index in [-0.39, 0.29) is 10.4 Å². The van der Waals surface area contributed by atoms with Gasteiger partial charge in [0.25, 0.3) is 0 Å². The number of primary sulfonamides is 1.